The molecule has 94 valence electrons. The SMILES string of the molecule is O=S(=O)([O-])C(O)c1ccc(-c2ccccc2)cc1.[Na+]. The van der Waals surface area contributed by atoms with E-state index in [1.807, 2.05) is 30.3 Å². The first-order chi connectivity index (χ1) is 8.48. The van der Waals surface area contributed by atoms with E-state index in [4.69, 9.17) is 0 Å². The van der Waals surface area contributed by atoms with Crippen molar-refractivity contribution in [1.82, 2.24) is 0 Å². The summed E-state index contributed by atoms with van der Waals surface area (Å²) in [5.41, 5.74) is -0.0784. The predicted molar refractivity (Wildman–Crippen MR) is 66.5 cm³/mol. The van der Waals surface area contributed by atoms with Gasteiger partial charge in [0, 0.05) is 0 Å². The molecule has 19 heavy (non-hydrogen) atoms. The van der Waals surface area contributed by atoms with Crippen LogP contribution in [0.25, 0.3) is 11.1 Å². The molecule has 2 aromatic rings. The summed E-state index contributed by atoms with van der Waals surface area (Å²) in [6.07, 6.45) is 0. The van der Waals surface area contributed by atoms with Gasteiger partial charge in [-0.3, -0.25) is 0 Å². The summed E-state index contributed by atoms with van der Waals surface area (Å²) in [6, 6.07) is 15.7. The molecule has 1 atom stereocenters. The molecule has 0 saturated heterocycles. The fraction of sp³-hybridized carbons (Fsp3) is 0.0769. The zero-order valence-electron chi connectivity index (χ0n) is 10.4. The summed E-state index contributed by atoms with van der Waals surface area (Å²) in [6.45, 7) is 0. The van der Waals surface area contributed by atoms with Crippen LogP contribution in [0, 0.1) is 0 Å². The van der Waals surface area contributed by atoms with Gasteiger partial charge in [0.2, 0.25) is 0 Å². The quantitative estimate of drug-likeness (QED) is 0.573. The first kappa shape index (κ1) is 16.4. The van der Waals surface area contributed by atoms with Crippen LogP contribution in [0.3, 0.4) is 0 Å². The molecule has 2 rings (SSSR count). The van der Waals surface area contributed by atoms with Crippen molar-refractivity contribution < 1.29 is 47.6 Å². The van der Waals surface area contributed by atoms with Gasteiger partial charge in [0.15, 0.2) is 5.44 Å². The Labute approximate surface area is 134 Å². The number of hydrogen-bond donors (Lipinski definition) is 1. The second kappa shape index (κ2) is 6.65. The van der Waals surface area contributed by atoms with Crippen molar-refractivity contribution in [1.29, 1.82) is 0 Å². The van der Waals surface area contributed by atoms with Crippen molar-refractivity contribution in [3.05, 3.63) is 60.2 Å². The number of aliphatic hydroxyl groups excluding tert-OH is 1. The van der Waals surface area contributed by atoms with Crippen LogP contribution in [0.1, 0.15) is 11.0 Å². The number of benzene rings is 2. The molecule has 0 aliphatic carbocycles. The van der Waals surface area contributed by atoms with Gasteiger partial charge >= 0.3 is 29.6 Å². The molecule has 6 heteroatoms. The van der Waals surface area contributed by atoms with E-state index in [0.717, 1.165) is 11.1 Å². The van der Waals surface area contributed by atoms with E-state index in [-0.39, 0.29) is 35.1 Å². The molecule has 1 unspecified atom stereocenters. The molecule has 0 aliphatic rings. The molecule has 0 bridgehead atoms. The Balaban J connectivity index is 0.00000180. The molecular formula is C13H11NaO4S. The Hall–Kier alpha value is -0.690. The van der Waals surface area contributed by atoms with Crippen LogP contribution in [0.4, 0.5) is 0 Å². The monoisotopic (exact) mass is 286 g/mol. The summed E-state index contributed by atoms with van der Waals surface area (Å²) in [5, 5.41) is 9.32. The van der Waals surface area contributed by atoms with Gasteiger partial charge in [-0.1, -0.05) is 54.6 Å². The molecule has 4 nitrogen and oxygen atoms in total. The molecule has 0 aromatic heterocycles. The van der Waals surface area contributed by atoms with Gasteiger partial charge in [0.1, 0.15) is 10.1 Å². The Bertz CT molecular complexity index is 623. The van der Waals surface area contributed by atoms with Crippen LogP contribution in [0.5, 0.6) is 0 Å². The van der Waals surface area contributed by atoms with Crippen LogP contribution in [0.2, 0.25) is 0 Å². The van der Waals surface area contributed by atoms with Crippen LogP contribution >= 0.6 is 0 Å². The summed E-state index contributed by atoms with van der Waals surface area (Å²) in [7, 11) is -4.73. The Morgan fingerprint density at radius 3 is 1.84 bits per heavy atom. The molecule has 2 aromatic carbocycles. The van der Waals surface area contributed by atoms with E-state index in [1.165, 1.54) is 12.1 Å². The summed E-state index contributed by atoms with van der Waals surface area (Å²) in [5.74, 6) is 0. The third kappa shape index (κ3) is 4.14. The fourth-order valence-electron chi connectivity index (χ4n) is 1.64. The Morgan fingerprint density at radius 2 is 1.37 bits per heavy atom. The normalized spacial score (nSPS) is 12.5. The first-order valence-corrected chi connectivity index (χ1v) is 6.74. The average molecular weight is 286 g/mol. The van der Waals surface area contributed by atoms with E-state index in [9.17, 15) is 18.1 Å². The van der Waals surface area contributed by atoms with Gasteiger partial charge in [-0.2, -0.15) is 0 Å². The number of hydrogen-bond acceptors (Lipinski definition) is 4. The maximum Gasteiger partial charge on any atom is 1.00 e. The standard InChI is InChI=1S/C13H12O4S.Na/c14-13(18(15,16)17)12-8-6-11(7-9-12)10-4-2-1-3-5-10;/h1-9,13-14H,(H,15,16,17);/q;+1/p-1. The molecule has 0 radical (unpaired) electrons. The van der Waals surface area contributed by atoms with Crippen molar-refractivity contribution in [3.8, 4) is 11.1 Å². The van der Waals surface area contributed by atoms with Crippen molar-refractivity contribution in [2.75, 3.05) is 0 Å². The van der Waals surface area contributed by atoms with Crippen LogP contribution < -0.4 is 29.6 Å². The topological polar surface area (TPSA) is 77.4 Å². The smallest absolute Gasteiger partial charge is 0.746 e. The van der Waals surface area contributed by atoms with Crippen molar-refractivity contribution in [2.45, 2.75) is 5.44 Å². The van der Waals surface area contributed by atoms with E-state index >= 15 is 0 Å². The molecule has 1 N–H and O–H groups in total. The summed E-state index contributed by atoms with van der Waals surface area (Å²) in [4.78, 5) is 0. The van der Waals surface area contributed by atoms with E-state index < -0.39 is 15.6 Å². The third-order valence-corrected chi connectivity index (χ3v) is 3.40. The average Bonchev–Trinajstić information content (AvgIpc) is 2.38. The van der Waals surface area contributed by atoms with Crippen molar-refractivity contribution >= 4 is 10.1 Å². The van der Waals surface area contributed by atoms with Gasteiger partial charge < -0.3 is 9.66 Å². The summed E-state index contributed by atoms with van der Waals surface area (Å²) < 4.78 is 32.0. The minimum absolute atomic E-state index is 0. The van der Waals surface area contributed by atoms with E-state index in [1.54, 1.807) is 12.1 Å². The van der Waals surface area contributed by atoms with Crippen molar-refractivity contribution in [2.24, 2.45) is 0 Å². The maximum absolute atomic E-state index is 10.7. The molecule has 0 spiro atoms. The zero-order chi connectivity index (χ0) is 13.2. The molecular weight excluding hydrogens is 275 g/mol. The molecule has 0 heterocycles. The molecule has 0 fully saturated rings. The predicted octanol–water partition coefficient (Wildman–Crippen LogP) is -1.11. The Morgan fingerprint density at radius 1 is 0.895 bits per heavy atom. The third-order valence-electron chi connectivity index (χ3n) is 2.58. The van der Waals surface area contributed by atoms with Crippen molar-refractivity contribution in [3.63, 3.8) is 0 Å². The Kier molecular flexibility index (Phi) is 5.73. The minimum Gasteiger partial charge on any atom is -0.746 e. The van der Waals surface area contributed by atoms with Gasteiger partial charge in [-0.15, -0.1) is 0 Å². The molecule has 0 saturated carbocycles. The van der Waals surface area contributed by atoms with Crippen LogP contribution in [0.15, 0.2) is 54.6 Å². The van der Waals surface area contributed by atoms with E-state index in [0.29, 0.717) is 0 Å². The largest absolute Gasteiger partial charge is 1.00 e. The number of aliphatic hydroxyl groups is 1. The number of rotatable bonds is 3. The second-order valence-corrected chi connectivity index (χ2v) is 5.27. The summed E-state index contributed by atoms with van der Waals surface area (Å²) >= 11 is 0. The second-order valence-electron chi connectivity index (χ2n) is 3.83. The van der Waals surface area contributed by atoms with Crippen LogP contribution in [-0.2, 0) is 10.1 Å². The van der Waals surface area contributed by atoms with Gasteiger partial charge in [-0.25, -0.2) is 8.42 Å². The first-order valence-electron chi connectivity index (χ1n) is 5.26. The van der Waals surface area contributed by atoms with Gasteiger partial charge in [-0.05, 0) is 16.7 Å². The fourth-order valence-corrected chi connectivity index (χ4v) is 2.13. The van der Waals surface area contributed by atoms with Crippen LogP contribution in [-0.4, -0.2) is 18.1 Å². The molecule has 0 amide bonds. The van der Waals surface area contributed by atoms with E-state index in [2.05, 4.69) is 0 Å². The maximum atomic E-state index is 10.7. The zero-order valence-corrected chi connectivity index (χ0v) is 13.2. The minimum atomic E-state index is -4.73. The molecule has 0 aliphatic heterocycles. The van der Waals surface area contributed by atoms with Gasteiger partial charge in [0.25, 0.3) is 0 Å². The van der Waals surface area contributed by atoms with Gasteiger partial charge in [0.05, 0.1) is 0 Å².